The molecule has 0 unspecified atom stereocenters. The molecule has 2 aromatic carbocycles. The zero-order chi connectivity index (χ0) is 20.6. The number of methoxy groups -OCH3 is 1. The molecule has 150 valence electrons. The summed E-state index contributed by atoms with van der Waals surface area (Å²) in [5.41, 5.74) is 2.84. The summed E-state index contributed by atoms with van der Waals surface area (Å²) in [6.07, 6.45) is 0. The first-order valence-electron chi connectivity index (χ1n) is 9.35. The Kier molecular flexibility index (Phi) is 6.63. The van der Waals surface area contributed by atoms with Gasteiger partial charge >= 0.3 is 5.97 Å². The average molecular weight is 392 g/mol. The van der Waals surface area contributed by atoms with Crippen LogP contribution in [0.1, 0.15) is 28.5 Å². The van der Waals surface area contributed by atoms with E-state index in [0.29, 0.717) is 36.2 Å². The van der Waals surface area contributed by atoms with Crippen LogP contribution in [0, 0.1) is 6.92 Å². The summed E-state index contributed by atoms with van der Waals surface area (Å²) in [6, 6.07) is 16.8. The van der Waals surface area contributed by atoms with Gasteiger partial charge in [0.1, 0.15) is 11.6 Å². The molecular weight excluding hydrogens is 368 g/mol. The quantitative estimate of drug-likeness (QED) is 0.552. The first kappa shape index (κ1) is 20.1. The number of carbonyl (C=O) groups excluding carboxylic acids is 1. The second kappa shape index (κ2) is 9.54. The molecule has 0 saturated heterocycles. The Morgan fingerprint density at radius 2 is 1.83 bits per heavy atom. The van der Waals surface area contributed by atoms with Crippen LogP contribution >= 0.6 is 0 Å². The van der Waals surface area contributed by atoms with Crippen molar-refractivity contribution in [2.75, 3.05) is 24.4 Å². The maximum Gasteiger partial charge on any atom is 0.340 e. The van der Waals surface area contributed by atoms with Crippen molar-refractivity contribution in [1.29, 1.82) is 0 Å². The number of nitrogens with one attached hydrogen (secondary N) is 2. The number of aromatic nitrogens is 2. The van der Waals surface area contributed by atoms with E-state index in [9.17, 15) is 4.79 Å². The molecule has 0 aliphatic heterocycles. The SMILES string of the molecule is CCOC(=O)c1ccccc1Nc1nc(C)cc(NCc2ccccc2OC)n1. The molecule has 0 bridgehead atoms. The minimum atomic E-state index is -0.391. The fourth-order valence-electron chi connectivity index (χ4n) is 2.85. The highest BCUT2D eigenvalue weighted by molar-refractivity contribution is 5.96. The Morgan fingerprint density at radius 1 is 1.07 bits per heavy atom. The monoisotopic (exact) mass is 392 g/mol. The predicted octanol–water partition coefficient (Wildman–Crippen LogP) is 4.33. The van der Waals surface area contributed by atoms with Crippen LogP contribution in [0.3, 0.4) is 0 Å². The second-order valence-electron chi connectivity index (χ2n) is 6.27. The van der Waals surface area contributed by atoms with E-state index in [2.05, 4.69) is 20.6 Å². The summed E-state index contributed by atoms with van der Waals surface area (Å²) in [7, 11) is 1.65. The van der Waals surface area contributed by atoms with Crippen molar-refractivity contribution in [2.45, 2.75) is 20.4 Å². The van der Waals surface area contributed by atoms with Gasteiger partial charge in [-0.1, -0.05) is 30.3 Å². The Morgan fingerprint density at radius 3 is 2.62 bits per heavy atom. The number of carbonyl (C=O) groups is 1. The van der Waals surface area contributed by atoms with Crippen LogP contribution in [-0.4, -0.2) is 29.7 Å². The number of anilines is 3. The molecule has 1 aromatic heterocycles. The van der Waals surface area contributed by atoms with E-state index >= 15 is 0 Å². The van der Waals surface area contributed by atoms with Gasteiger partial charge in [-0.05, 0) is 32.0 Å². The lowest BCUT2D eigenvalue weighted by atomic mass is 10.2. The molecule has 0 atom stereocenters. The van der Waals surface area contributed by atoms with Gasteiger partial charge in [-0.15, -0.1) is 0 Å². The fourth-order valence-corrected chi connectivity index (χ4v) is 2.85. The van der Waals surface area contributed by atoms with Crippen LogP contribution < -0.4 is 15.4 Å². The molecule has 0 aliphatic carbocycles. The van der Waals surface area contributed by atoms with Gasteiger partial charge in [-0.2, -0.15) is 4.98 Å². The summed E-state index contributed by atoms with van der Waals surface area (Å²) in [4.78, 5) is 21.1. The maximum atomic E-state index is 12.2. The minimum Gasteiger partial charge on any atom is -0.496 e. The number of hydrogen-bond acceptors (Lipinski definition) is 7. The van der Waals surface area contributed by atoms with E-state index < -0.39 is 5.97 Å². The standard InChI is InChI=1S/C22H24N4O3/c1-4-29-21(27)17-10-6-7-11-18(17)25-22-24-15(2)13-20(26-22)23-14-16-9-5-8-12-19(16)28-3/h5-13H,4,14H2,1-3H3,(H2,23,24,25,26). The molecule has 0 spiro atoms. The van der Waals surface area contributed by atoms with Gasteiger partial charge in [-0.25, -0.2) is 9.78 Å². The Labute approximate surface area is 170 Å². The van der Waals surface area contributed by atoms with E-state index in [-0.39, 0.29) is 0 Å². The summed E-state index contributed by atoms with van der Waals surface area (Å²) >= 11 is 0. The first-order chi connectivity index (χ1) is 14.1. The lowest BCUT2D eigenvalue weighted by Gasteiger charge is -2.13. The minimum absolute atomic E-state index is 0.311. The van der Waals surface area contributed by atoms with Crippen LogP contribution in [-0.2, 0) is 11.3 Å². The zero-order valence-corrected chi connectivity index (χ0v) is 16.7. The molecule has 3 aromatic rings. The third-order valence-electron chi connectivity index (χ3n) is 4.18. The van der Waals surface area contributed by atoms with Crippen molar-refractivity contribution in [3.63, 3.8) is 0 Å². The number of aryl methyl sites for hydroxylation is 1. The van der Waals surface area contributed by atoms with Gasteiger partial charge in [0.15, 0.2) is 0 Å². The molecule has 2 N–H and O–H groups in total. The number of nitrogens with zero attached hydrogens (tertiary/aromatic N) is 2. The highest BCUT2D eigenvalue weighted by Crippen LogP contribution is 2.22. The van der Waals surface area contributed by atoms with Crippen LogP contribution in [0.2, 0.25) is 0 Å². The molecule has 0 radical (unpaired) electrons. The lowest BCUT2D eigenvalue weighted by molar-refractivity contribution is 0.0527. The van der Waals surface area contributed by atoms with Crippen LogP contribution in [0.4, 0.5) is 17.5 Å². The smallest absolute Gasteiger partial charge is 0.340 e. The lowest BCUT2D eigenvalue weighted by Crippen LogP contribution is -2.10. The van der Waals surface area contributed by atoms with Gasteiger partial charge in [-0.3, -0.25) is 0 Å². The molecule has 0 saturated carbocycles. The fraction of sp³-hybridized carbons (Fsp3) is 0.227. The van der Waals surface area contributed by atoms with Crippen LogP contribution in [0.5, 0.6) is 5.75 Å². The van der Waals surface area contributed by atoms with Crippen molar-refractivity contribution < 1.29 is 14.3 Å². The van der Waals surface area contributed by atoms with E-state index in [1.165, 1.54) is 0 Å². The van der Waals surface area contributed by atoms with Gasteiger partial charge in [0, 0.05) is 23.9 Å². The van der Waals surface area contributed by atoms with Crippen LogP contribution in [0.25, 0.3) is 0 Å². The molecule has 0 fully saturated rings. The Bertz CT molecular complexity index is 991. The van der Waals surface area contributed by atoms with E-state index in [1.807, 2.05) is 43.3 Å². The van der Waals surface area contributed by atoms with E-state index in [1.54, 1.807) is 32.2 Å². The number of benzene rings is 2. The van der Waals surface area contributed by atoms with Gasteiger partial charge in [0.05, 0.1) is 25.0 Å². The summed E-state index contributed by atoms with van der Waals surface area (Å²) in [5.74, 6) is 1.48. The highest BCUT2D eigenvalue weighted by atomic mass is 16.5. The number of para-hydroxylation sites is 2. The summed E-state index contributed by atoms with van der Waals surface area (Å²) in [6.45, 7) is 4.53. The van der Waals surface area contributed by atoms with E-state index in [4.69, 9.17) is 9.47 Å². The molecule has 0 amide bonds. The number of esters is 1. The number of rotatable bonds is 8. The van der Waals surface area contributed by atoms with Crippen molar-refractivity contribution in [2.24, 2.45) is 0 Å². The molecular formula is C22H24N4O3. The van der Waals surface area contributed by atoms with Crippen molar-refractivity contribution in [3.8, 4) is 5.75 Å². The Hall–Kier alpha value is -3.61. The number of ether oxygens (including phenoxy) is 2. The molecule has 7 heteroatoms. The second-order valence-corrected chi connectivity index (χ2v) is 6.27. The average Bonchev–Trinajstić information content (AvgIpc) is 2.72. The first-order valence-corrected chi connectivity index (χ1v) is 9.35. The zero-order valence-electron chi connectivity index (χ0n) is 16.7. The van der Waals surface area contributed by atoms with Crippen LogP contribution in [0.15, 0.2) is 54.6 Å². The summed E-state index contributed by atoms with van der Waals surface area (Å²) in [5, 5.41) is 6.42. The molecule has 3 rings (SSSR count). The summed E-state index contributed by atoms with van der Waals surface area (Å²) < 4.78 is 10.5. The third kappa shape index (κ3) is 5.22. The highest BCUT2D eigenvalue weighted by Gasteiger charge is 2.13. The van der Waals surface area contributed by atoms with Gasteiger partial charge in [0.25, 0.3) is 0 Å². The largest absolute Gasteiger partial charge is 0.496 e. The van der Waals surface area contributed by atoms with Gasteiger partial charge in [0.2, 0.25) is 5.95 Å². The topological polar surface area (TPSA) is 85.4 Å². The maximum absolute atomic E-state index is 12.2. The van der Waals surface area contributed by atoms with Crippen molar-refractivity contribution >= 4 is 23.4 Å². The molecule has 1 heterocycles. The molecule has 7 nitrogen and oxygen atoms in total. The van der Waals surface area contributed by atoms with Crippen molar-refractivity contribution in [3.05, 3.63) is 71.4 Å². The third-order valence-corrected chi connectivity index (χ3v) is 4.18. The van der Waals surface area contributed by atoms with Gasteiger partial charge < -0.3 is 20.1 Å². The number of hydrogen-bond donors (Lipinski definition) is 2. The van der Waals surface area contributed by atoms with Crippen molar-refractivity contribution in [1.82, 2.24) is 9.97 Å². The Balaban J connectivity index is 1.79. The van der Waals surface area contributed by atoms with E-state index in [0.717, 1.165) is 17.0 Å². The molecule has 29 heavy (non-hydrogen) atoms. The normalized spacial score (nSPS) is 10.3. The predicted molar refractivity (Wildman–Crippen MR) is 113 cm³/mol. The molecule has 0 aliphatic rings.